The average Bonchev–Trinajstić information content (AvgIpc) is 3.07. The van der Waals surface area contributed by atoms with Crippen molar-refractivity contribution in [3.63, 3.8) is 0 Å². The van der Waals surface area contributed by atoms with E-state index in [1.165, 1.54) is 24.3 Å². The number of thioether (sulfide) groups is 1. The van der Waals surface area contributed by atoms with Gasteiger partial charge in [0.25, 0.3) is 0 Å². The molecule has 0 spiro atoms. The fourth-order valence-electron chi connectivity index (χ4n) is 4.20. The number of aryl methyl sites for hydroxylation is 1. The number of ether oxygens (including phenoxy) is 2. The van der Waals surface area contributed by atoms with E-state index in [2.05, 4.69) is 0 Å². The number of benzene rings is 2. The highest BCUT2D eigenvalue weighted by Gasteiger charge is 2.69. The highest BCUT2D eigenvalue weighted by molar-refractivity contribution is 8.02. The molecule has 1 N–H and O–H groups in total. The number of hydrogen-bond donors (Lipinski definition) is 1. The van der Waals surface area contributed by atoms with Crippen LogP contribution in [-0.2, 0) is 24.6 Å². The molecule has 2 aromatic rings. The van der Waals surface area contributed by atoms with Gasteiger partial charge in [0.15, 0.2) is 0 Å². The minimum atomic E-state index is -4.91. The average molecular weight is 565 g/mol. The van der Waals surface area contributed by atoms with Crippen molar-refractivity contribution >= 4 is 46.9 Å². The van der Waals surface area contributed by atoms with Gasteiger partial charge in [-0.1, -0.05) is 35.3 Å². The van der Waals surface area contributed by atoms with E-state index in [1.807, 2.05) is 0 Å². The topological polar surface area (TPSA) is 72.8 Å². The summed E-state index contributed by atoms with van der Waals surface area (Å²) >= 11 is 12.3. The zero-order valence-corrected chi connectivity index (χ0v) is 22.5. The molecule has 3 rings (SSSR count). The molecule has 1 saturated heterocycles. The first-order valence-electron chi connectivity index (χ1n) is 10.8. The molecular weight excluding hydrogens is 540 g/mol. The maximum atomic E-state index is 14.7. The minimum absolute atomic E-state index is 0.0226. The van der Waals surface area contributed by atoms with Crippen molar-refractivity contribution in [1.82, 2.24) is 0 Å². The van der Waals surface area contributed by atoms with Crippen molar-refractivity contribution in [3.8, 4) is 0 Å². The molecule has 0 radical (unpaired) electrons. The summed E-state index contributed by atoms with van der Waals surface area (Å²) in [7, 11) is 1.03. The van der Waals surface area contributed by atoms with Crippen LogP contribution >= 0.6 is 35.0 Å². The quantitative estimate of drug-likeness (QED) is 0.423. The van der Waals surface area contributed by atoms with E-state index in [0.717, 1.165) is 19.2 Å². The van der Waals surface area contributed by atoms with Crippen molar-refractivity contribution in [2.45, 2.75) is 61.5 Å². The molecule has 0 saturated carbocycles. The molecule has 3 atom stereocenters. The highest BCUT2D eigenvalue weighted by Crippen LogP contribution is 2.65. The predicted octanol–water partition coefficient (Wildman–Crippen LogP) is 6.58. The zero-order chi connectivity index (χ0) is 27.3. The summed E-state index contributed by atoms with van der Waals surface area (Å²) in [6.07, 6.45) is -5.83. The number of methoxy groups -OCH3 is 1. The summed E-state index contributed by atoms with van der Waals surface area (Å²) in [6, 6.07) is 7.58. The number of carbonyl (C=O) groups is 2. The summed E-state index contributed by atoms with van der Waals surface area (Å²) < 4.78 is 51.6. The van der Waals surface area contributed by atoms with Gasteiger partial charge in [-0.15, -0.1) is 11.8 Å². The Kier molecular flexibility index (Phi) is 7.75. The summed E-state index contributed by atoms with van der Waals surface area (Å²) in [5, 5.41) is 10.1. The number of halogens is 5. The third-order valence-corrected chi connectivity index (χ3v) is 8.09. The van der Waals surface area contributed by atoms with Gasteiger partial charge in [0, 0.05) is 16.5 Å². The van der Waals surface area contributed by atoms with Gasteiger partial charge >= 0.3 is 18.1 Å². The molecule has 1 aliphatic heterocycles. The van der Waals surface area contributed by atoms with Gasteiger partial charge in [-0.2, -0.15) is 13.2 Å². The second-order valence-electron chi connectivity index (χ2n) is 9.64. The van der Waals surface area contributed by atoms with Gasteiger partial charge in [-0.3, -0.25) is 4.79 Å². The maximum Gasteiger partial charge on any atom is 0.407 e. The first-order valence-corrected chi connectivity index (χ1v) is 12.4. The van der Waals surface area contributed by atoms with E-state index in [0.29, 0.717) is 5.56 Å². The number of rotatable bonds is 4. The number of esters is 2. The van der Waals surface area contributed by atoms with Crippen LogP contribution in [0.25, 0.3) is 0 Å². The summed E-state index contributed by atoms with van der Waals surface area (Å²) in [5.74, 6) is -1.65. The van der Waals surface area contributed by atoms with Gasteiger partial charge in [0.2, 0.25) is 0 Å². The van der Waals surface area contributed by atoms with E-state index in [1.54, 1.807) is 27.7 Å². The Hall–Kier alpha value is -1.94. The lowest BCUT2D eigenvalue weighted by Crippen LogP contribution is -2.42. The van der Waals surface area contributed by atoms with Gasteiger partial charge in [0.05, 0.1) is 12.7 Å². The van der Waals surface area contributed by atoms with E-state index in [4.69, 9.17) is 32.7 Å². The van der Waals surface area contributed by atoms with Crippen LogP contribution in [0.3, 0.4) is 0 Å². The van der Waals surface area contributed by atoms with Gasteiger partial charge in [-0.05, 0) is 68.7 Å². The fraction of sp³-hybridized carbons (Fsp3) is 0.440. The number of aliphatic hydroxyl groups is 1. The van der Waals surface area contributed by atoms with E-state index in [9.17, 15) is 27.9 Å². The Labute approximate surface area is 221 Å². The molecule has 3 unspecified atom stereocenters. The lowest BCUT2D eigenvalue weighted by molar-refractivity contribution is -0.173. The van der Waals surface area contributed by atoms with Crippen LogP contribution in [0.4, 0.5) is 13.2 Å². The summed E-state index contributed by atoms with van der Waals surface area (Å²) in [5.41, 5.74) is -2.80. The molecule has 0 amide bonds. The van der Waals surface area contributed by atoms with Gasteiger partial charge in [-0.25, -0.2) is 4.79 Å². The second-order valence-corrected chi connectivity index (χ2v) is 11.9. The number of alkyl halides is 3. The van der Waals surface area contributed by atoms with Crippen molar-refractivity contribution in [2.75, 3.05) is 7.11 Å². The molecule has 1 aliphatic rings. The Balaban J connectivity index is 2.17. The monoisotopic (exact) mass is 564 g/mol. The molecule has 196 valence electrons. The zero-order valence-electron chi connectivity index (χ0n) is 20.1. The van der Waals surface area contributed by atoms with Crippen molar-refractivity contribution < 1.29 is 37.3 Å². The lowest BCUT2D eigenvalue weighted by atomic mass is 9.78. The van der Waals surface area contributed by atoms with Gasteiger partial charge in [0.1, 0.15) is 21.2 Å². The SMILES string of the molecule is COC(=O)C1SC(c2cc(Cl)cc(Cl)c2)(C(F)(F)F)CC1(O)c1ccc(C(=O)OC(C)(C)C)c(C)c1. The third kappa shape index (κ3) is 5.35. The fourth-order valence-corrected chi connectivity index (χ4v) is 6.43. The smallest absolute Gasteiger partial charge is 0.407 e. The van der Waals surface area contributed by atoms with Crippen LogP contribution in [0.5, 0.6) is 0 Å². The molecule has 5 nitrogen and oxygen atoms in total. The minimum Gasteiger partial charge on any atom is -0.468 e. The maximum absolute atomic E-state index is 14.7. The second kappa shape index (κ2) is 9.74. The van der Waals surface area contributed by atoms with Crippen LogP contribution in [0, 0.1) is 6.92 Å². The molecule has 11 heteroatoms. The molecule has 2 aromatic carbocycles. The molecule has 0 aliphatic carbocycles. The highest BCUT2D eigenvalue weighted by atomic mass is 35.5. The van der Waals surface area contributed by atoms with Gasteiger partial charge < -0.3 is 14.6 Å². The van der Waals surface area contributed by atoms with Crippen LogP contribution in [0.2, 0.25) is 10.0 Å². The van der Waals surface area contributed by atoms with Crippen LogP contribution in [0.15, 0.2) is 36.4 Å². The first-order chi connectivity index (χ1) is 16.4. The third-order valence-electron chi connectivity index (χ3n) is 5.82. The molecule has 1 fully saturated rings. The Morgan fingerprint density at radius 3 is 2.11 bits per heavy atom. The van der Waals surface area contributed by atoms with Crippen molar-refractivity contribution in [3.05, 3.63) is 68.7 Å². The molecule has 0 aromatic heterocycles. The molecule has 0 bridgehead atoms. The number of hydrogen-bond acceptors (Lipinski definition) is 6. The lowest BCUT2D eigenvalue weighted by Gasteiger charge is -2.33. The van der Waals surface area contributed by atoms with E-state index in [-0.39, 0.29) is 38.5 Å². The standard InChI is InChI=1S/C25H25Cl2F3O5S/c1-13-8-14(6-7-18(13)20(31)35-22(2,3)4)23(33)12-24(25(28,29)30,36-19(23)21(32)34-5)15-9-16(26)11-17(27)10-15/h6-11,19,33H,12H2,1-5H3. The molecular formula is C25H25Cl2F3O5S. The Morgan fingerprint density at radius 1 is 1.06 bits per heavy atom. The summed E-state index contributed by atoms with van der Waals surface area (Å²) in [4.78, 5) is 25.3. The molecule has 36 heavy (non-hydrogen) atoms. The van der Waals surface area contributed by atoms with Crippen LogP contribution in [0.1, 0.15) is 54.2 Å². The number of carbonyl (C=O) groups excluding carboxylic acids is 2. The van der Waals surface area contributed by atoms with Crippen LogP contribution in [-0.4, -0.2) is 41.2 Å². The van der Waals surface area contributed by atoms with Crippen LogP contribution < -0.4 is 0 Å². The Morgan fingerprint density at radius 2 is 1.64 bits per heavy atom. The normalized spacial score (nSPS) is 24.5. The van der Waals surface area contributed by atoms with Crippen molar-refractivity contribution in [1.29, 1.82) is 0 Å². The van der Waals surface area contributed by atoms with E-state index >= 15 is 0 Å². The first kappa shape index (κ1) is 28.6. The van der Waals surface area contributed by atoms with E-state index < -0.39 is 45.7 Å². The van der Waals surface area contributed by atoms with Crippen molar-refractivity contribution in [2.24, 2.45) is 0 Å². The Bertz CT molecular complexity index is 1180. The largest absolute Gasteiger partial charge is 0.468 e. The molecule has 1 heterocycles. The summed E-state index contributed by atoms with van der Waals surface area (Å²) in [6.45, 7) is 6.67. The predicted molar refractivity (Wildman–Crippen MR) is 132 cm³/mol.